The van der Waals surface area contributed by atoms with Gasteiger partial charge in [0.1, 0.15) is 12.6 Å². The van der Waals surface area contributed by atoms with Crippen LogP contribution in [0.1, 0.15) is 147 Å². The summed E-state index contributed by atoms with van der Waals surface area (Å²) in [7, 11) is 0. The van der Waals surface area contributed by atoms with Crippen molar-refractivity contribution in [1.82, 2.24) is 52.8 Å². The Labute approximate surface area is 478 Å². The highest BCUT2D eigenvalue weighted by molar-refractivity contribution is 5.78. The molecule has 6 atom stereocenters. The maximum atomic E-state index is 13.3. The number of carbonyl (C=O) groups excluding carboxylic acids is 4. The molecule has 17 heteroatoms. The van der Waals surface area contributed by atoms with Crippen molar-refractivity contribution in [1.29, 1.82) is 0 Å². The molecule has 79 heavy (non-hydrogen) atoms. The molecule has 2 rings (SSSR count). The Kier molecular flexibility index (Phi) is 44.8. The number of nitrogens with zero attached hydrogens (tertiary/aromatic N) is 1. The number of hydrogen-bond donors (Lipinski definition) is 12. The van der Waals surface area contributed by atoms with Gasteiger partial charge in [-0.25, -0.2) is 0 Å². The molecule has 450 valence electrons. The van der Waals surface area contributed by atoms with E-state index in [1.807, 2.05) is 6.07 Å². The Balaban J connectivity index is 1.90. The van der Waals surface area contributed by atoms with Crippen LogP contribution in [-0.2, 0) is 25.6 Å². The fourth-order valence-corrected chi connectivity index (χ4v) is 9.76. The molecular weight excluding hydrogens is 991 g/mol. The Morgan fingerprint density at radius 3 is 1.67 bits per heavy atom. The van der Waals surface area contributed by atoms with Crippen molar-refractivity contribution in [2.45, 2.75) is 179 Å². The van der Waals surface area contributed by atoms with Gasteiger partial charge >= 0.3 is 0 Å². The molecule has 2 amide bonds. The van der Waals surface area contributed by atoms with Gasteiger partial charge < -0.3 is 74.6 Å². The van der Waals surface area contributed by atoms with Gasteiger partial charge in [0.15, 0.2) is 0 Å². The Morgan fingerprint density at radius 2 is 1.05 bits per heavy atom. The van der Waals surface area contributed by atoms with Gasteiger partial charge in [-0.2, -0.15) is 0 Å². The van der Waals surface area contributed by atoms with Crippen LogP contribution in [0.15, 0.2) is 67.2 Å². The van der Waals surface area contributed by atoms with Crippen molar-refractivity contribution in [3.8, 4) is 0 Å². The number of hydrogen-bond acceptors (Lipinski definition) is 15. The van der Waals surface area contributed by atoms with Crippen molar-refractivity contribution in [3.63, 3.8) is 0 Å². The molecular formula is C62H113N13O4. The monoisotopic (exact) mass is 1100 g/mol. The second kappa shape index (κ2) is 49.8. The van der Waals surface area contributed by atoms with Gasteiger partial charge in [0.25, 0.3) is 0 Å². The highest BCUT2D eigenvalue weighted by Crippen LogP contribution is 2.18. The summed E-state index contributed by atoms with van der Waals surface area (Å²) in [6, 6.07) is 22.5. The first-order chi connectivity index (χ1) is 38.7. The smallest absolute Gasteiger partial charge is 0.234 e. The fourth-order valence-electron chi connectivity index (χ4n) is 9.76. The minimum atomic E-state index is -0.177. The number of amides is 2. The van der Waals surface area contributed by atoms with Gasteiger partial charge in [0.05, 0.1) is 19.6 Å². The minimum absolute atomic E-state index is 0.0331. The molecule has 0 saturated heterocycles. The molecule has 0 aliphatic rings. The molecule has 2 aromatic rings. The predicted octanol–water partition coefficient (Wildman–Crippen LogP) is 4.54. The fraction of sp³-hybridized carbons (Fsp3) is 0.710. The van der Waals surface area contributed by atoms with E-state index in [4.69, 9.17) is 17.2 Å². The number of rotatable bonds is 56. The molecule has 0 spiro atoms. The van der Waals surface area contributed by atoms with E-state index in [9.17, 15) is 19.2 Å². The highest BCUT2D eigenvalue weighted by Gasteiger charge is 2.19. The SMILES string of the molecule is C=C(C[C@@H](CN[C@H](CN)CCCCNC(=O)CC[C@@H](CNCCCCCN)NC[C@H](CCCC)NC[C@H](CCCCNC(=O)CN(CC=O)CC=O)NCCC)NC[C@H](CCCN)NCCCc1ccccc1)c1ccccc1. The van der Waals surface area contributed by atoms with Crippen LogP contribution in [0.2, 0.25) is 0 Å². The Morgan fingerprint density at radius 1 is 0.519 bits per heavy atom. The van der Waals surface area contributed by atoms with Crippen molar-refractivity contribution in [2.75, 3.05) is 105 Å². The second-order valence-electron chi connectivity index (χ2n) is 21.6. The first-order valence-electron chi connectivity index (χ1n) is 30.8. The molecule has 0 aliphatic heterocycles. The van der Waals surface area contributed by atoms with Crippen LogP contribution >= 0.6 is 0 Å². The molecule has 0 fully saturated rings. The number of aryl methyl sites for hydroxylation is 1. The minimum Gasteiger partial charge on any atom is -0.356 e. The van der Waals surface area contributed by atoms with Gasteiger partial charge in [0, 0.05) is 95.0 Å². The molecule has 0 radical (unpaired) electrons. The number of aldehydes is 2. The summed E-state index contributed by atoms with van der Waals surface area (Å²) in [5.74, 6) is -0.0855. The number of carbonyl (C=O) groups is 4. The molecule has 2 aromatic carbocycles. The van der Waals surface area contributed by atoms with Crippen LogP contribution in [0.5, 0.6) is 0 Å². The lowest BCUT2D eigenvalue weighted by Gasteiger charge is -2.27. The lowest BCUT2D eigenvalue weighted by molar-refractivity contribution is -0.123. The number of nitrogens with two attached hydrogens (primary N) is 3. The molecule has 0 heterocycles. The lowest BCUT2D eigenvalue weighted by Crippen LogP contribution is -2.49. The van der Waals surface area contributed by atoms with Crippen molar-refractivity contribution >= 4 is 30.0 Å². The standard InChI is InChI=1S/C62H113N13O4/c1-4-6-27-58(72-47-56(67-35-5-2)29-15-19-38-70-62(79)51-75(40-42-76)41-43-77)49-73-59(46-66-36-17-9-16-33-63)31-32-61(78)69-37-18-14-28-55(45-65)71-50-60(44-52(3)54-25-12-8-13-26-54)74-48-57(30-20-34-64)68-39-21-24-53-22-10-7-11-23-53/h7-8,10-13,22-23,25-26,42-43,55-60,66-68,71-74H,3-6,9,14-21,24,27-41,44-51,63-65H2,1-2H3,(H,69,78)(H,70,79)/t55-,56-,57-,58-,59-,60-/m0/s1. The van der Waals surface area contributed by atoms with E-state index < -0.39 is 0 Å². The Hall–Kier alpha value is -3.98. The summed E-state index contributed by atoms with van der Waals surface area (Å²) in [5, 5.41) is 32.8. The molecule has 15 N–H and O–H groups in total. The summed E-state index contributed by atoms with van der Waals surface area (Å²) in [4.78, 5) is 49.1. The number of unbranched alkanes of at least 4 members (excludes halogenated alkanes) is 5. The normalized spacial score (nSPS) is 13.8. The predicted molar refractivity (Wildman–Crippen MR) is 330 cm³/mol. The molecule has 0 bridgehead atoms. The summed E-state index contributed by atoms with van der Waals surface area (Å²) in [6.45, 7) is 19.1. The first kappa shape index (κ1) is 71.1. The molecule has 0 aliphatic carbocycles. The van der Waals surface area contributed by atoms with E-state index in [-0.39, 0.29) is 55.6 Å². The van der Waals surface area contributed by atoms with Crippen molar-refractivity contribution < 1.29 is 19.2 Å². The van der Waals surface area contributed by atoms with Crippen LogP contribution in [-0.4, -0.2) is 170 Å². The highest BCUT2D eigenvalue weighted by atomic mass is 16.2. The lowest BCUT2D eigenvalue weighted by atomic mass is 9.99. The topological polar surface area (TPSA) is 258 Å². The number of benzene rings is 2. The number of nitrogens with one attached hydrogen (secondary N) is 9. The molecule has 17 nitrogen and oxygen atoms in total. The third-order valence-electron chi connectivity index (χ3n) is 14.6. The zero-order valence-electron chi connectivity index (χ0n) is 49.4. The summed E-state index contributed by atoms with van der Waals surface area (Å²) >= 11 is 0. The van der Waals surface area contributed by atoms with Crippen LogP contribution in [0.4, 0.5) is 0 Å². The van der Waals surface area contributed by atoms with Gasteiger partial charge in [-0.1, -0.05) is 113 Å². The summed E-state index contributed by atoms with van der Waals surface area (Å²) in [6.07, 6.45) is 20.7. The Bertz CT molecular complexity index is 1770. The van der Waals surface area contributed by atoms with Gasteiger partial charge in [-0.15, -0.1) is 0 Å². The van der Waals surface area contributed by atoms with E-state index in [0.717, 1.165) is 185 Å². The van der Waals surface area contributed by atoms with Gasteiger partial charge in [-0.3, -0.25) is 14.5 Å². The summed E-state index contributed by atoms with van der Waals surface area (Å²) in [5.41, 5.74) is 21.7. The van der Waals surface area contributed by atoms with E-state index in [0.29, 0.717) is 63.8 Å². The van der Waals surface area contributed by atoms with Crippen molar-refractivity contribution in [2.24, 2.45) is 17.2 Å². The quantitative estimate of drug-likeness (QED) is 0.0321. The zero-order valence-corrected chi connectivity index (χ0v) is 49.4. The molecule has 0 unspecified atom stereocenters. The summed E-state index contributed by atoms with van der Waals surface area (Å²) < 4.78 is 0. The van der Waals surface area contributed by atoms with Crippen LogP contribution in [0, 0.1) is 0 Å². The van der Waals surface area contributed by atoms with Crippen LogP contribution < -0.4 is 65.1 Å². The largest absolute Gasteiger partial charge is 0.356 e. The van der Waals surface area contributed by atoms with Crippen LogP contribution in [0.25, 0.3) is 5.57 Å². The second-order valence-corrected chi connectivity index (χ2v) is 21.6. The third kappa shape index (κ3) is 38.4. The maximum absolute atomic E-state index is 13.3. The zero-order chi connectivity index (χ0) is 57.2. The van der Waals surface area contributed by atoms with Gasteiger partial charge in [-0.05, 0) is 139 Å². The van der Waals surface area contributed by atoms with Crippen LogP contribution in [0.3, 0.4) is 0 Å². The average Bonchev–Trinajstić information content (AvgIpc) is 3.46. The van der Waals surface area contributed by atoms with E-state index >= 15 is 0 Å². The van der Waals surface area contributed by atoms with Gasteiger partial charge in [0.2, 0.25) is 11.8 Å². The third-order valence-corrected chi connectivity index (χ3v) is 14.6. The van der Waals surface area contributed by atoms with E-state index in [1.54, 1.807) is 0 Å². The molecule has 0 saturated carbocycles. The average molecular weight is 1100 g/mol. The first-order valence-corrected chi connectivity index (χ1v) is 30.8. The molecule has 0 aromatic heterocycles. The van der Waals surface area contributed by atoms with E-state index in [2.05, 4.69) is 123 Å². The van der Waals surface area contributed by atoms with Crippen molar-refractivity contribution in [3.05, 3.63) is 78.4 Å². The maximum Gasteiger partial charge on any atom is 0.234 e. The van der Waals surface area contributed by atoms with E-state index in [1.165, 1.54) is 10.5 Å².